The van der Waals surface area contributed by atoms with E-state index in [4.69, 9.17) is 15.6 Å². The van der Waals surface area contributed by atoms with E-state index in [0.717, 1.165) is 6.07 Å². The zero-order valence-corrected chi connectivity index (χ0v) is 6.59. The predicted molar refractivity (Wildman–Crippen MR) is 35.6 cm³/mol. The van der Waals surface area contributed by atoms with Crippen molar-refractivity contribution >= 4 is 9.84 Å². The number of aliphatic hydroxyl groups is 1. The Hall–Kier alpha value is -1.11. The van der Waals surface area contributed by atoms with Crippen molar-refractivity contribution in [2.75, 3.05) is 6.26 Å². The van der Waals surface area contributed by atoms with Crippen LogP contribution in [0, 0.1) is 22.7 Å². The van der Waals surface area contributed by atoms with Crippen LogP contribution in [0.3, 0.4) is 0 Å². The number of sulfone groups is 1. The first-order chi connectivity index (χ1) is 4.87. The second-order valence-electron chi connectivity index (χ2n) is 2.00. The van der Waals surface area contributed by atoms with Gasteiger partial charge in [0.05, 0.1) is 12.5 Å². The second kappa shape index (κ2) is 2.87. The lowest BCUT2D eigenvalue weighted by Crippen LogP contribution is -2.35. The molecule has 1 unspecified atom stereocenters. The molecule has 0 rings (SSSR count). The molecule has 1 atom stereocenters. The molecule has 6 heteroatoms. The van der Waals surface area contributed by atoms with Gasteiger partial charge in [-0.25, -0.2) is 8.42 Å². The quantitative estimate of drug-likeness (QED) is 0.550. The van der Waals surface area contributed by atoms with E-state index in [1.54, 1.807) is 0 Å². The van der Waals surface area contributed by atoms with Gasteiger partial charge in [0, 0.05) is 6.26 Å². The standard InChI is InChI=1S/C5H6N2O3S/c1-11(9,10)5(8,4-7)2-3-6/h8H,2H2,1H3. The summed E-state index contributed by atoms with van der Waals surface area (Å²) in [5.41, 5.74) is 0. The van der Waals surface area contributed by atoms with Gasteiger partial charge in [0.25, 0.3) is 4.93 Å². The topological polar surface area (TPSA) is 102 Å². The SMILES string of the molecule is CS(=O)(=O)C(O)(C#N)CC#N. The second-order valence-corrected chi connectivity index (χ2v) is 4.22. The van der Waals surface area contributed by atoms with Crippen molar-refractivity contribution in [1.29, 1.82) is 10.5 Å². The largest absolute Gasteiger partial charge is 0.363 e. The van der Waals surface area contributed by atoms with Gasteiger partial charge >= 0.3 is 0 Å². The molecule has 5 nitrogen and oxygen atoms in total. The van der Waals surface area contributed by atoms with Gasteiger partial charge in [-0.1, -0.05) is 0 Å². The number of nitriles is 2. The summed E-state index contributed by atoms with van der Waals surface area (Å²) in [6.45, 7) is 0. The van der Waals surface area contributed by atoms with Gasteiger partial charge in [-0.3, -0.25) is 0 Å². The summed E-state index contributed by atoms with van der Waals surface area (Å²) in [5.74, 6) is 0. The average molecular weight is 174 g/mol. The fourth-order valence-electron chi connectivity index (χ4n) is 0.361. The molecular weight excluding hydrogens is 168 g/mol. The van der Waals surface area contributed by atoms with E-state index in [-0.39, 0.29) is 0 Å². The Morgan fingerprint density at radius 1 is 1.55 bits per heavy atom. The van der Waals surface area contributed by atoms with Gasteiger partial charge in [0.15, 0.2) is 9.84 Å². The van der Waals surface area contributed by atoms with Crippen molar-refractivity contribution in [1.82, 2.24) is 0 Å². The molecule has 0 heterocycles. The van der Waals surface area contributed by atoms with Crippen LogP contribution in [-0.2, 0) is 9.84 Å². The molecule has 0 saturated carbocycles. The Bertz CT molecular complexity index is 321. The minimum Gasteiger partial charge on any atom is -0.363 e. The average Bonchev–Trinajstić information content (AvgIpc) is 1.86. The molecule has 0 radical (unpaired) electrons. The van der Waals surface area contributed by atoms with Gasteiger partial charge < -0.3 is 5.11 Å². The van der Waals surface area contributed by atoms with Gasteiger partial charge in [0.2, 0.25) is 0 Å². The minimum atomic E-state index is -3.90. The number of nitrogens with zero attached hydrogens (tertiary/aromatic N) is 2. The zero-order chi connectivity index (χ0) is 9.12. The summed E-state index contributed by atoms with van der Waals surface area (Å²) >= 11 is 0. The molecule has 0 amide bonds. The molecule has 0 bridgehead atoms. The summed E-state index contributed by atoms with van der Waals surface area (Å²) in [6.07, 6.45) is -0.0319. The van der Waals surface area contributed by atoms with Crippen molar-refractivity contribution in [3.05, 3.63) is 0 Å². The maximum atomic E-state index is 10.7. The third-order valence-electron chi connectivity index (χ3n) is 1.11. The van der Waals surface area contributed by atoms with E-state index in [1.165, 1.54) is 6.07 Å². The molecule has 0 aromatic heterocycles. The maximum Gasteiger partial charge on any atom is 0.266 e. The smallest absolute Gasteiger partial charge is 0.266 e. The fourth-order valence-corrected chi connectivity index (χ4v) is 0.853. The summed E-state index contributed by atoms with van der Waals surface area (Å²) in [4.78, 5) is -2.55. The normalized spacial score (nSPS) is 16.0. The first-order valence-electron chi connectivity index (χ1n) is 2.57. The van der Waals surface area contributed by atoms with E-state index < -0.39 is 21.2 Å². The van der Waals surface area contributed by atoms with E-state index in [0.29, 0.717) is 6.26 Å². The van der Waals surface area contributed by atoms with Gasteiger partial charge in [-0.15, -0.1) is 0 Å². The lowest BCUT2D eigenvalue weighted by atomic mass is 10.3. The first kappa shape index (κ1) is 9.89. The third-order valence-corrected chi connectivity index (χ3v) is 2.57. The van der Waals surface area contributed by atoms with Crippen LogP contribution in [0.2, 0.25) is 0 Å². The summed E-state index contributed by atoms with van der Waals surface area (Å²) in [6, 6.07) is 2.58. The molecule has 0 spiro atoms. The predicted octanol–water partition coefficient (Wildman–Crippen LogP) is -0.843. The Labute approximate surface area is 64.4 Å². The Morgan fingerprint density at radius 3 is 2.09 bits per heavy atom. The number of hydrogen-bond acceptors (Lipinski definition) is 5. The molecule has 0 aromatic rings. The lowest BCUT2D eigenvalue weighted by molar-refractivity contribution is 0.187. The van der Waals surface area contributed by atoms with E-state index >= 15 is 0 Å². The molecular formula is C5H6N2O3S. The molecule has 0 aliphatic heterocycles. The van der Waals surface area contributed by atoms with Crippen molar-refractivity contribution in [3.8, 4) is 12.1 Å². The van der Waals surface area contributed by atoms with Crippen molar-refractivity contribution in [2.45, 2.75) is 11.4 Å². The molecule has 11 heavy (non-hydrogen) atoms. The van der Waals surface area contributed by atoms with Crippen LogP contribution in [0.15, 0.2) is 0 Å². The fraction of sp³-hybridized carbons (Fsp3) is 0.600. The van der Waals surface area contributed by atoms with E-state index in [2.05, 4.69) is 0 Å². The van der Waals surface area contributed by atoms with Crippen LogP contribution < -0.4 is 0 Å². The molecule has 0 aliphatic carbocycles. The maximum absolute atomic E-state index is 10.7. The Kier molecular flexibility index (Phi) is 2.58. The Morgan fingerprint density at radius 2 is 2.00 bits per heavy atom. The van der Waals surface area contributed by atoms with Gasteiger partial charge in [-0.05, 0) is 0 Å². The Balaban J connectivity index is 5.00. The molecule has 1 N–H and O–H groups in total. The van der Waals surface area contributed by atoms with Crippen LogP contribution in [0.25, 0.3) is 0 Å². The monoisotopic (exact) mass is 174 g/mol. The van der Waals surface area contributed by atoms with E-state index in [9.17, 15) is 8.42 Å². The summed E-state index contributed by atoms with van der Waals surface area (Å²) in [5, 5.41) is 25.3. The lowest BCUT2D eigenvalue weighted by Gasteiger charge is -2.12. The van der Waals surface area contributed by atoms with Gasteiger partial charge in [0.1, 0.15) is 6.07 Å². The summed E-state index contributed by atoms with van der Waals surface area (Å²) in [7, 11) is -3.90. The number of rotatable bonds is 2. The van der Waals surface area contributed by atoms with Crippen LogP contribution in [-0.4, -0.2) is 24.7 Å². The van der Waals surface area contributed by atoms with Crippen LogP contribution in [0.4, 0.5) is 0 Å². The van der Waals surface area contributed by atoms with Crippen molar-refractivity contribution < 1.29 is 13.5 Å². The zero-order valence-electron chi connectivity index (χ0n) is 5.77. The molecule has 0 fully saturated rings. The number of hydrogen-bond donors (Lipinski definition) is 1. The summed E-state index contributed by atoms with van der Waals surface area (Å²) < 4.78 is 21.3. The van der Waals surface area contributed by atoms with Gasteiger partial charge in [-0.2, -0.15) is 10.5 Å². The van der Waals surface area contributed by atoms with Crippen LogP contribution in [0.1, 0.15) is 6.42 Å². The molecule has 0 aliphatic rings. The van der Waals surface area contributed by atoms with Crippen molar-refractivity contribution in [2.24, 2.45) is 0 Å². The minimum absolute atomic E-state index is 0.702. The highest BCUT2D eigenvalue weighted by Crippen LogP contribution is 2.15. The highest BCUT2D eigenvalue weighted by atomic mass is 32.2. The van der Waals surface area contributed by atoms with Crippen LogP contribution >= 0.6 is 0 Å². The van der Waals surface area contributed by atoms with Crippen LogP contribution in [0.5, 0.6) is 0 Å². The molecule has 0 saturated heterocycles. The first-order valence-corrected chi connectivity index (χ1v) is 4.47. The highest BCUT2D eigenvalue weighted by Gasteiger charge is 2.38. The molecule has 0 aromatic carbocycles. The van der Waals surface area contributed by atoms with E-state index in [1.807, 2.05) is 0 Å². The third kappa shape index (κ3) is 1.90. The highest BCUT2D eigenvalue weighted by molar-refractivity contribution is 7.92. The van der Waals surface area contributed by atoms with Crippen molar-refractivity contribution in [3.63, 3.8) is 0 Å². The molecule has 60 valence electrons.